The molecule has 1 aliphatic rings. The van der Waals surface area contributed by atoms with Crippen molar-refractivity contribution in [2.45, 2.75) is 25.8 Å². The molecule has 1 aliphatic heterocycles. The van der Waals surface area contributed by atoms with Gasteiger partial charge in [0.05, 0.1) is 0 Å². The molecular weight excluding hydrogens is 404 g/mol. The van der Waals surface area contributed by atoms with E-state index in [-0.39, 0.29) is 24.5 Å². The van der Waals surface area contributed by atoms with Crippen molar-refractivity contribution in [3.05, 3.63) is 70.2 Å². The van der Waals surface area contributed by atoms with Crippen LogP contribution >= 0.6 is 15.9 Å². The van der Waals surface area contributed by atoms with Crippen molar-refractivity contribution in [2.75, 3.05) is 26.2 Å². The highest BCUT2D eigenvalue weighted by Gasteiger charge is 2.20. The lowest BCUT2D eigenvalue weighted by Crippen LogP contribution is -2.35. The van der Waals surface area contributed by atoms with E-state index < -0.39 is 0 Å². The number of rotatable bonds is 6. The maximum atomic E-state index is 12.6. The lowest BCUT2D eigenvalue weighted by molar-refractivity contribution is -0.131. The fourth-order valence-corrected chi connectivity index (χ4v) is 3.64. The van der Waals surface area contributed by atoms with Crippen molar-refractivity contribution in [1.29, 1.82) is 0 Å². The average molecular weight is 429 g/mol. The fourth-order valence-electron chi connectivity index (χ4n) is 3.38. The van der Waals surface area contributed by atoms with Gasteiger partial charge in [-0.2, -0.15) is 0 Å². The summed E-state index contributed by atoms with van der Waals surface area (Å²) < 4.78 is 0.944. The zero-order chi connectivity index (χ0) is 19.1. The third-order valence-corrected chi connectivity index (χ3v) is 5.45. The number of carbonyl (C=O) groups is 2. The van der Waals surface area contributed by atoms with Gasteiger partial charge in [-0.3, -0.25) is 14.5 Å². The van der Waals surface area contributed by atoms with Crippen molar-refractivity contribution in [3.8, 4) is 0 Å². The van der Waals surface area contributed by atoms with Crippen LogP contribution in [0.3, 0.4) is 0 Å². The molecule has 3 rings (SSSR count). The molecule has 0 radical (unpaired) electrons. The largest absolute Gasteiger partial charge is 0.341 e. The Morgan fingerprint density at radius 1 is 0.852 bits per heavy atom. The Labute approximate surface area is 169 Å². The first-order valence-corrected chi connectivity index (χ1v) is 10.2. The Morgan fingerprint density at radius 2 is 1.59 bits per heavy atom. The SMILES string of the molecule is O=C(CCC(=O)N1CCCN(Cc2ccccc2)CC1)c1ccc(Br)cc1. The highest BCUT2D eigenvalue weighted by atomic mass is 79.9. The van der Waals surface area contributed by atoms with E-state index in [4.69, 9.17) is 0 Å². The predicted octanol–water partition coefficient (Wildman–Crippen LogP) is 4.15. The van der Waals surface area contributed by atoms with Crippen LogP contribution in [0.2, 0.25) is 0 Å². The summed E-state index contributed by atoms with van der Waals surface area (Å²) in [6, 6.07) is 17.7. The summed E-state index contributed by atoms with van der Waals surface area (Å²) in [5.74, 6) is 0.110. The molecule has 1 heterocycles. The number of ketones is 1. The molecule has 0 aromatic heterocycles. The molecule has 5 heteroatoms. The maximum Gasteiger partial charge on any atom is 0.223 e. The average Bonchev–Trinajstić information content (AvgIpc) is 2.93. The number of amides is 1. The standard InChI is InChI=1S/C22H25BrN2O2/c23-20-9-7-19(8-10-20)21(26)11-12-22(27)25-14-4-13-24(15-16-25)17-18-5-2-1-3-6-18/h1-3,5-10H,4,11-17H2. The molecule has 0 N–H and O–H groups in total. The quantitative estimate of drug-likeness (QED) is 0.648. The van der Waals surface area contributed by atoms with E-state index in [0.717, 1.165) is 43.6 Å². The zero-order valence-electron chi connectivity index (χ0n) is 15.4. The summed E-state index contributed by atoms with van der Waals surface area (Å²) in [5.41, 5.74) is 1.97. The molecule has 0 saturated carbocycles. The Hall–Kier alpha value is -1.98. The van der Waals surface area contributed by atoms with Crippen molar-refractivity contribution < 1.29 is 9.59 Å². The summed E-state index contributed by atoms with van der Waals surface area (Å²) in [4.78, 5) is 29.1. The molecule has 0 unspecified atom stereocenters. The molecule has 27 heavy (non-hydrogen) atoms. The summed E-state index contributed by atoms with van der Waals surface area (Å²) in [5, 5.41) is 0. The number of carbonyl (C=O) groups excluding carboxylic acids is 2. The molecule has 0 bridgehead atoms. The van der Waals surface area contributed by atoms with Gasteiger partial charge in [-0.25, -0.2) is 0 Å². The van der Waals surface area contributed by atoms with E-state index in [1.807, 2.05) is 23.1 Å². The number of nitrogens with zero attached hydrogens (tertiary/aromatic N) is 2. The minimum Gasteiger partial charge on any atom is -0.341 e. The third-order valence-electron chi connectivity index (χ3n) is 4.92. The van der Waals surface area contributed by atoms with Crippen LogP contribution < -0.4 is 0 Å². The van der Waals surface area contributed by atoms with E-state index in [1.54, 1.807) is 12.1 Å². The number of Topliss-reactive ketones (excluding diaryl/α,β-unsaturated/α-hetero) is 1. The second-order valence-electron chi connectivity index (χ2n) is 6.93. The van der Waals surface area contributed by atoms with Crippen LogP contribution in [0.4, 0.5) is 0 Å². The highest BCUT2D eigenvalue weighted by molar-refractivity contribution is 9.10. The van der Waals surface area contributed by atoms with E-state index in [0.29, 0.717) is 5.56 Å². The first-order valence-electron chi connectivity index (χ1n) is 9.44. The van der Waals surface area contributed by atoms with Gasteiger partial charge in [-0.15, -0.1) is 0 Å². The predicted molar refractivity (Wildman–Crippen MR) is 111 cm³/mol. The van der Waals surface area contributed by atoms with Crippen LogP contribution in [0.15, 0.2) is 59.1 Å². The van der Waals surface area contributed by atoms with Crippen LogP contribution in [0.1, 0.15) is 35.2 Å². The summed E-state index contributed by atoms with van der Waals surface area (Å²) in [6.45, 7) is 4.30. The molecule has 1 saturated heterocycles. The number of hydrogen-bond acceptors (Lipinski definition) is 3. The summed E-state index contributed by atoms with van der Waals surface area (Å²) >= 11 is 3.37. The third kappa shape index (κ3) is 6.01. The molecule has 0 aliphatic carbocycles. The van der Waals surface area contributed by atoms with Gasteiger partial charge in [0.25, 0.3) is 0 Å². The lowest BCUT2D eigenvalue weighted by atomic mass is 10.1. The van der Waals surface area contributed by atoms with Crippen LogP contribution in [0.25, 0.3) is 0 Å². The minimum absolute atomic E-state index is 0.0244. The molecule has 4 nitrogen and oxygen atoms in total. The van der Waals surface area contributed by atoms with Crippen molar-refractivity contribution >= 4 is 27.6 Å². The second kappa shape index (κ2) is 9.81. The van der Waals surface area contributed by atoms with Gasteiger partial charge in [-0.1, -0.05) is 58.4 Å². The van der Waals surface area contributed by atoms with Crippen molar-refractivity contribution in [1.82, 2.24) is 9.80 Å². The molecule has 0 atom stereocenters. The smallest absolute Gasteiger partial charge is 0.223 e. The summed E-state index contributed by atoms with van der Waals surface area (Å²) in [7, 11) is 0. The fraction of sp³-hybridized carbons (Fsp3) is 0.364. The second-order valence-corrected chi connectivity index (χ2v) is 7.84. The van der Waals surface area contributed by atoms with E-state index in [2.05, 4.69) is 45.1 Å². The Kier molecular flexibility index (Phi) is 7.18. The van der Waals surface area contributed by atoms with Gasteiger partial charge in [0, 0.05) is 55.6 Å². The maximum absolute atomic E-state index is 12.6. The van der Waals surface area contributed by atoms with Gasteiger partial charge < -0.3 is 4.90 Å². The van der Waals surface area contributed by atoms with E-state index in [1.165, 1.54) is 5.56 Å². The first-order chi connectivity index (χ1) is 13.1. The van der Waals surface area contributed by atoms with Crippen LogP contribution in [-0.4, -0.2) is 47.7 Å². The minimum atomic E-state index is 0.0244. The Morgan fingerprint density at radius 3 is 2.33 bits per heavy atom. The zero-order valence-corrected chi connectivity index (χ0v) is 17.0. The van der Waals surface area contributed by atoms with Crippen LogP contribution in [0.5, 0.6) is 0 Å². The van der Waals surface area contributed by atoms with Crippen molar-refractivity contribution in [2.24, 2.45) is 0 Å². The first kappa shape index (κ1) is 19.8. The van der Waals surface area contributed by atoms with E-state index >= 15 is 0 Å². The lowest BCUT2D eigenvalue weighted by Gasteiger charge is -2.22. The molecule has 1 fully saturated rings. The highest BCUT2D eigenvalue weighted by Crippen LogP contribution is 2.14. The number of hydrogen-bond donors (Lipinski definition) is 0. The molecule has 1 amide bonds. The van der Waals surface area contributed by atoms with Gasteiger partial charge in [0.1, 0.15) is 0 Å². The van der Waals surface area contributed by atoms with Crippen LogP contribution in [0, 0.1) is 0 Å². The van der Waals surface area contributed by atoms with Gasteiger partial charge >= 0.3 is 0 Å². The molecule has 142 valence electrons. The number of halogens is 1. The van der Waals surface area contributed by atoms with E-state index in [9.17, 15) is 9.59 Å². The van der Waals surface area contributed by atoms with Crippen molar-refractivity contribution in [3.63, 3.8) is 0 Å². The molecular formula is C22H25BrN2O2. The van der Waals surface area contributed by atoms with Gasteiger partial charge in [0.2, 0.25) is 5.91 Å². The Balaban J connectivity index is 1.46. The van der Waals surface area contributed by atoms with Gasteiger partial charge in [-0.05, 0) is 24.1 Å². The molecule has 2 aromatic carbocycles. The molecule has 2 aromatic rings. The normalized spacial score (nSPS) is 15.4. The monoisotopic (exact) mass is 428 g/mol. The topological polar surface area (TPSA) is 40.6 Å². The number of benzene rings is 2. The van der Waals surface area contributed by atoms with Crippen LogP contribution in [-0.2, 0) is 11.3 Å². The Bertz CT molecular complexity index is 762. The molecule has 0 spiro atoms. The summed E-state index contributed by atoms with van der Waals surface area (Å²) in [6.07, 6.45) is 1.53. The van der Waals surface area contributed by atoms with Gasteiger partial charge in [0.15, 0.2) is 5.78 Å².